The van der Waals surface area contributed by atoms with Gasteiger partial charge in [-0.15, -0.1) is 0 Å². The largest absolute Gasteiger partial charge is 0.375 e. The second-order valence-electron chi connectivity index (χ2n) is 6.19. The van der Waals surface area contributed by atoms with Gasteiger partial charge in [-0.3, -0.25) is 4.79 Å². The summed E-state index contributed by atoms with van der Waals surface area (Å²) in [6, 6.07) is 8.40. The Balaban J connectivity index is 1.74. The fraction of sp³-hybridized carbons (Fsp3) is 0. The summed E-state index contributed by atoms with van der Waals surface area (Å²) in [5.41, 5.74) is 5.96. The van der Waals surface area contributed by atoms with Gasteiger partial charge in [-0.2, -0.15) is 0 Å². The van der Waals surface area contributed by atoms with E-state index in [1.54, 1.807) is 6.07 Å². The van der Waals surface area contributed by atoms with Crippen LogP contribution in [-0.4, -0.2) is 20.9 Å². The lowest BCUT2D eigenvalue weighted by Gasteiger charge is -2.10. The molecule has 31 heavy (non-hydrogen) atoms. The summed E-state index contributed by atoms with van der Waals surface area (Å²) in [5, 5.41) is 2.44. The number of carbonyl (C=O) groups excluding carboxylic acids is 1. The zero-order valence-electron chi connectivity index (χ0n) is 15.4. The molecule has 0 radical (unpaired) electrons. The first-order valence-electron chi connectivity index (χ1n) is 8.64. The number of benzene rings is 2. The van der Waals surface area contributed by atoms with E-state index in [0.717, 1.165) is 35.6 Å². The quantitative estimate of drug-likeness (QED) is 0.409. The van der Waals surface area contributed by atoms with Crippen molar-refractivity contribution in [1.82, 2.24) is 15.0 Å². The number of hydrogen-bond donors (Lipinski definition) is 2. The topological polar surface area (TPSA) is 93.8 Å². The van der Waals surface area contributed by atoms with Crippen LogP contribution in [0.2, 0.25) is 5.28 Å². The summed E-state index contributed by atoms with van der Waals surface area (Å²) in [4.78, 5) is 25.1. The summed E-state index contributed by atoms with van der Waals surface area (Å²) in [6.07, 6.45) is 1.46. The first-order valence-corrected chi connectivity index (χ1v) is 9.83. The number of hydrogen-bond acceptors (Lipinski definition) is 6. The minimum absolute atomic E-state index is 0.0226. The summed E-state index contributed by atoms with van der Waals surface area (Å²) in [5.74, 6) is -4.07. The number of nitrogens with zero attached hydrogens (tertiary/aromatic N) is 3. The van der Waals surface area contributed by atoms with Crippen LogP contribution in [0.4, 0.5) is 24.0 Å². The van der Waals surface area contributed by atoms with Gasteiger partial charge < -0.3 is 11.1 Å². The van der Waals surface area contributed by atoms with Crippen LogP contribution in [0.3, 0.4) is 0 Å². The highest BCUT2D eigenvalue weighted by molar-refractivity contribution is 7.19. The summed E-state index contributed by atoms with van der Waals surface area (Å²) in [7, 11) is 0. The minimum atomic E-state index is -1.13. The van der Waals surface area contributed by atoms with E-state index in [0.29, 0.717) is 21.8 Å². The van der Waals surface area contributed by atoms with Gasteiger partial charge >= 0.3 is 0 Å². The fourth-order valence-corrected chi connectivity index (χ4v) is 3.81. The lowest BCUT2D eigenvalue weighted by molar-refractivity contribution is 0.101. The molecule has 0 saturated carbocycles. The first-order chi connectivity index (χ1) is 14.8. The normalized spacial score (nSPS) is 10.8. The molecule has 1 amide bonds. The Bertz CT molecular complexity index is 1290. The number of thiazole rings is 1. The molecule has 0 unspecified atom stereocenters. The van der Waals surface area contributed by atoms with E-state index in [2.05, 4.69) is 20.3 Å². The number of amides is 1. The minimum Gasteiger partial charge on any atom is -0.375 e. The lowest BCUT2D eigenvalue weighted by atomic mass is 10.1. The standard InChI is InChI=1S/C20H11ClF3N5OS/c21-19-26-7-6-13(28-19)17-16(29-20(25)31-17)9-4-5-10(22)14(8-9)27-18(30)15-11(23)2-1-3-12(15)24/h1-8H,(H2,25,29)(H,27,30). The number of rotatable bonds is 4. The Labute approximate surface area is 182 Å². The molecule has 11 heteroatoms. The molecule has 156 valence electrons. The maximum atomic E-state index is 14.4. The maximum Gasteiger partial charge on any atom is 0.261 e. The maximum absolute atomic E-state index is 14.4. The van der Waals surface area contributed by atoms with Gasteiger partial charge in [-0.25, -0.2) is 28.1 Å². The number of nitrogens with one attached hydrogen (secondary N) is 1. The van der Waals surface area contributed by atoms with Crippen LogP contribution in [0.25, 0.3) is 21.8 Å². The third kappa shape index (κ3) is 4.21. The molecule has 3 N–H and O–H groups in total. The Morgan fingerprint density at radius 3 is 2.48 bits per heavy atom. The van der Waals surface area contributed by atoms with Gasteiger partial charge in [-0.05, 0) is 48.0 Å². The summed E-state index contributed by atoms with van der Waals surface area (Å²) in [6.45, 7) is 0. The van der Waals surface area contributed by atoms with Gasteiger partial charge in [0.15, 0.2) is 5.13 Å². The van der Waals surface area contributed by atoms with Crippen molar-refractivity contribution in [3.05, 3.63) is 77.0 Å². The number of carbonyl (C=O) groups is 1. The van der Waals surface area contributed by atoms with Crippen LogP contribution in [0, 0.1) is 17.5 Å². The molecular weight excluding hydrogens is 451 g/mol. The Morgan fingerprint density at radius 1 is 1.03 bits per heavy atom. The molecule has 4 aromatic rings. The summed E-state index contributed by atoms with van der Waals surface area (Å²) >= 11 is 6.99. The molecule has 2 aromatic heterocycles. The highest BCUT2D eigenvalue weighted by Crippen LogP contribution is 2.38. The van der Waals surface area contributed by atoms with E-state index < -0.39 is 28.9 Å². The zero-order valence-corrected chi connectivity index (χ0v) is 16.9. The van der Waals surface area contributed by atoms with Crippen molar-refractivity contribution >= 4 is 39.7 Å². The highest BCUT2D eigenvalue weighted by Gasteiger charge is 2.20. The molecule has 0 aliphatic heterocycles. The molecule has 0 atom stereocenters. The van der Waals surface area contributed by atoms with Gasteiger partial charge in [0.05, 0.1) is 22.0 Å². The molecule has 6 nitrogen and oxygen atoms in total. The Morgan fingerprint density at radius 2 is 1.77 bits per heavy atom. The highest BCUT2D eigenvalue weighted by atomic mass is 35.5. The third-order valence-corrected chi connectivity index (χ3v) is 5.27. The van der Waals surface area contributed by atoms with Crippen LogP contribution >= 0.6 is 22.9 Å². The first kappa shape index (κ1) is 20.8. The van der Waals surface area contributed by atoms with E-state index in [9.17, 15) is 18.0 Å². The Hall–Kier alpha value is -3.50. The SMILES string of the molecule is Nc1nc(-c2ccc(F)c(NC(=O)c3c(F)cccc3F)c2)c(-c2ccnc(Cl)n2)s1. The lowest BCUT2D eigenvalue weighted by Crippen LogP contribution is -2.16. The van der Waals surface area contributed by atoms with E-state index in [4.69, 9.17) is 17.3 Å². The van der Waals surface area contributed by atoms with Gasteiger partial charge in [0.25, 0.3) is 5.91 Å². The van der Waals surface area contributed by atoms with Crippen LogP contribution in [-0.2, 0) is 0 Å². The smallest absolute Gasteiger partial charge is 0.261 e. The van der Waals surface area contributed by atoms with E-state index >= 15 is 0 Å². The third-order valence-electron chi connectivity index (χ3n) is 4.18. The van der Waals surface area contributed by atoms with E-state index in [-0.39, 0.29) is 16.1 Å². The molecule has 0 aliphatic carbocycles. The molecule has 0 spiro atoms. The van der Waals surface area contributed by atoms with Crippen molar-refractivity contribution in [1.29, 1.82) is 0 Å². The number of halogens is 4. The predicted molar refractivity (Wildman–Crippen MR) is 112 cm³/mol. The van der Waals surface area contributed by atoms with Crippen molar-refractivity contribution in [3.8, 4) is 21.8 Å². The average molecular weight is 462 g/mol. The van der Waals surface area contributed by atoms with Crippen molar-refractivity contribution in [2.45, 2.75) is 0 Å². The van der Waals surface area contributed by atoms with Crippen molar-refractivity contribution in [2.24, 2.45) is 0 Å². The van der Waals surface area contributed by atoms with Crippen molar-refractivity contribution in [2.75, 3.05) is 11.1 Å². The second-order valence-corrected chi connectivity index (χ2v) is 7.55. The van der Waals surface area contributed by atoms with Gasteiger partial charge in [-0.1, -0.05) is 17.4 Å². The molecule has 0 bridgehead atoms. The Kier molecular flexibility index (Phi) is 5.57. The molecule has 0 saturated heterocycles. The number of aromatic nitrogens is 3. The van der Waals surface area contributed by atoms with Crippen LogP contribution < -0.4 is 11.1 Å². The van der Waals surface area contributed by atoms with Crippen LogP contribution in [0.5, 0.6) is 0 Å². The van der Waals surface area contributed by atoms with E-state index in [1.165, 1.54) is 18.3 Å². The second kappa shape index (κ2) is 8.32. The van der Waals surface area contributed by atoms with Crippen molar-refractivity contribution < 1.29 is 18.0 Å². The average Bonchev–Trinajstić information content (AvgIpc) is 3.11. The van der Waals surface area contributed by atoms with Gasteiger partial charge in [0, 0.05) is 11.8 Å². The fourth-order valence-electron chi connectivity index (χ4n) is 2.84. The number of nitrogens with two attached hydrogens (primary N) is 1. The summed E-state index contributed by atoms with van der Waals surface area (Å²) < 4.78 is 42.1. The molecule has 2 heterocycles. The van der Waals surface area contributed by atoms with E-state index in [1.807, 2.05) is 0 Å². The van der Waals surface area contributed by atoms with Crippen LogP contribution in [0.1, 0.15) is 10.4 Å². The van der Waals surface area contributed by atoms with Crippen molar-refractivity contribution in [3.63, 3.8) is 0 Å². The zero-order chi connectivity index (χ0) is 22.1. The molecule has 0 fully saturated rings. The predicted octanol–water partition coefficient (Wildman–Crippen LogP) is 5.17. The molecule has 4 rings (SSSR count). The van der Waals surface area contributed by atoms with Gasteiger partial charge in [0.2, 0.25) is 5.28 Å². The number of nitrogen functional groups attached to an aromatic ring is 1. The number of anilines is 2. The molecule has 0 aliphatic rings. The molecular formula is C20H11ClF3N5OS. The monoisotopic (exact) mass is 461 g/mol. The van der Waals surface area contributed by atoms with Crippen LogP contribution in [0.15, 0.2) is 48.7 Å². The van der Waals surface area contributed by atoms with Gasteiger partial charge in [0.1, 0.15) is 23.0 Å². The molecule has 2 aromatic carbocycles.